The van der Waals surface area contributed by atoms with E-state index in [1.54, 1.807) is 0 Å². The van der Waals surface area contributed by atoms with Gasteiger partial charge in [0.25, 0.3) is 0 Å². The summed E-state index contributed by atoms with van der Waals surface area (Å²) in [5.41, 5.74) is 0.303. The molecule has 1 saturated heterocycles. The Kier molecular flexibility index (Phi) is 5.84. The van der Waals surface area contributed by atoms with E-state index < -0.39 is 5.97 Å². The second-order valence-corrected chi connectivity index (χ2v) is 6.91. The fourth-order valence-corrected chi connectivity index (χ4v) is 2.66. The lowest BCUT2D eigenvalue weighted by Gasteiger charge is -2.39. The van der Waals surface area contributed by atoms with E-state index in [9.17, 15) is 9.59 Å². The molecule has 0 saturated carbocycles. The van der Waals surface area contributed by atoms with Gasteiger partial charge >= 0.3 is 12.0 Å². The van der Waals surface area contributed by atoms with Crippen LogP contribution in [-0.4, -0.2) is 41.1 Å². The first-order valence-corrected chi connectivity index (χ1v) is 7.47. The van der Waals surface area contributed by atoms with E-state index in [0.717, 1.165) is 25.9 Å². The molecular weight excluding hydrogens is 256 g/mol. The minimum Gasteiger partial charge on any atom is -0.481 e. The van der Waals surface area contributed by atoms with Crippen molar-refractivity contribution in [2.24, 2.45) is 11.3 Å². The average Bonchev–Trinajstić information content (AvgIpc) is 2.35. The minimum atomic E-state index is -0.822. The molecule has 1 aliphatic rings. The largest absolute Gasteiger partial charge is 0.481 e. The number of hydrogen-bond donors (Lipinski definition) is 2. The molecule has 0 aliphatic carbocycles. The van der Waals surface area contributed by atoms with E-state index in [-0.39, 0.29) is 18.5 Å². The highest BCUT2D eigenvalue weighted by Gasteiger charge is 2.30. The van der Waals surface area contributed by atoms with Crippen molar-refractivity contribution in [3.8, 4) is 0 Å². The highest BCUT2D eigenvalue weighted by molar-refractivity contribution is 5.74. The Morgan fingerprint density at radius 1 is 1.30 bits per heavy atom. The van der Waals surface area contributed by atoms with Crippen molar-refractivity contribution in [1.29, 1.82) is 0 Å². The van der Waals surface area contributed by atoms with Gasteiger partial charge in [-0.05, 0) is 37.5 Å². The molecular formula is C15H28N2O3. The van der Waals surface area contributed by atoms with Crippen LogP contribution in [0.3, 0.4) is 0 Å². The van der Waals surface area contributed by atoms with E-state index in [1.165, 1.54) is 0 Å². The normalized spacial score (nSPS) is 18.7. The molecule has 1 heterocycles. The highest BCUT2D eigenvalue weighted by Crippen LogP contribution is 2.34. The summed E-state index contributed by atoms with van der Waals surface area (Å²) in [6, 6.07) is -0.158. The van der Waals surface area contributed by atoms with Gasteiger partial charge in [-0.3, -0.25) is 4.79 Å². The van der Waals surface area contributed by atoms with Crippen LogP contribution in [0.4, 0.5) is 4.79 Å². The number of urea groups is 1. The SMILES string of the molecule is CC(CCC(=O)O)NC(=O)N1CCC(C(C)(C)C)CC1. The Balaban J connectivity index is 2.34. The third kappa shape index (κ3) is 5.39. The molecule has 0 radical (unpaired) electrons. The van der Waals surface area contributed by atoms with Gasteiger partial charge in [0.15, 0.2) is 0 Å². The topological polar surface area (TPSA) is 69.6 Å². The molecule has 1 fully saturated rings. The summed E-state index contributed by atoms with van der Waals surface area (Å²) in [6.07, 6.45) is 2.65. The number of nitrogens with zero attached hydrogens (tertiary/aromatic N) is 1. The van der Waals surface area contributed by atoms with E-state index in [0.29, 0.717) is 17.8 Å². The molecule has 1 aliphatic heterocycles. The van der Waals surface area contributed by atoms with Gasteiger partial charge in [-0.2, -0.15) is 0 Å². The molecule has 5 nitrogen and oxygen atoms in total. The third-order valence-corrected chi connectivity index (χ3v) is 4.17. The molecule has 116 valence electrons. The first kappa shape index (κ1) is 16.8. The maximum Gasteiger partial charge on any atom is 0.317 e. The van der Waals surface area contributed by atoms with Crippen molar-refractivity contribution in [2.75, 3.05) is 13.1 Å². The minimum absolute atomic E-state index is 0.0600. The molecule has 1 atom stereocenters. The second-order valence-electron chi connectivity index (χ2n) is 6.91. The zero-order valence-electron chi connectivity index (χ0n) is 13.1. The van der Waals surface area contributed by atoms with Crippen LogP contribution >= 0.6 is 0 Å². The molecule has 0 spiro atoms. The van der Waals surface area contributed by atoms with Gasteiger partial charge in [0.1, 0.15) is 0 Å². The smallest absolute Gasteiger partial charge is 0.317 e. The summed E-state index contributed by atoms with van der Waals surface area (Å²) in [5.74, 6) is -0.159. The average molecular weight is 284 g/mol. The van der Waals surface area contributed by atoms with Crippen LogP contribution in [0.5, 0.6) is 0 Å². The van der Waals surface area contributed by atoms with E-state index in [1.807, 2.05) is 11.8 Å². The molecule has 20 heavy (non-hydrogen) atoms. The van der Waals surface area contributed by atoms with Crippen LogP contribution in [-0.2, 0) is 4.79 Å². The van der Waals surface area contributed by atoms with Gasteiger partial charge < -0.3 is 15.3 Å². The molecule has 0 aromatic heterocycles. The maximum absolute atomic E-state index is 12.1. The number of nitrogens with one attached hydrogen (secondary N) is 1. The van der Waals surface area contributed by atoms with Crippen LogP contribution in [0.2, 0.25) is 0 Å². The summed E-state index contributed by atoms with van der Waals surface area (Å²) in [4.78, 5) is 24.4. The molecule has 0 aromatic rings. The molecule has 2 N–H and O–H groups in total. The number of carboxylic acid groups (broad SMARTS) is 1. The molecule has 1 rings (SSSR count). The lowest BCUT2D eigenvalue weighted by molar-refractivity contribution is -0.137. The van der Waals surface area contributed by atoms with Gasteiger partial charge in [0.2, 0.25) is 0 Å². The number of carbonyl (C=O) groups is 2. The fourth-order valence-electron chi connectivity index (χ4n) is 2.66. The van der Waals surface area contributed by atoms with Crippen LogP contribution in [0.1, 0.15) is 53.4 Å². The van der Waals surface area contributed by atoms with Gasteiger partial charge in [0, 0.05) is 25.6 Å². The lowest BCUT2D eigenvalue weighted by Crippen LogP contribution is -2.48. The standard InChI is InChI=1S/C15H28N2O3/c1-11(5-6-13(18)19)16-14(20)17-9-7-12(8-10-17)15(2,3)4/h11-12H,5-10H2,1-4H3,(H,16,20)(H,18,19). The van der Waals surface area contributed by atoms with Crippen molar-refractivity contribution >= 4 is 12.0 Å². The molecule has 0 bridgehead atoms. The van der Waals surface area contributed by atoms with Crippen LogP contribution in [0.25, 0.3) is 0 Å². The number of hydrogen-bond acceptors (Lipinski definition) is 2. The summed E-state index contributed by atoms with van der Waals surface area (Å²) >= 11 is 0. The van der Waals surface area contributed by atoms with E-state index >= 15 is 0 Å². The molecule has 1 unspecified atom stereocenters. The lowest BCUT2D eigenvalue weighted by atomic mass is 9.75. The van der Waals surface area contributed by atoms with Gasteiger partial charge in [0.05, 0.1) is 0 Å². The summed E-state index contributed by atoms with van der Waals surface area (Å²) < 4.78 is 0. The maximum atomic E-state index is 12.1. The number of carboxylic acids is 1. The van der Waals surface area contributed by atoms with Gasteiger partial charge in [-0.15, -0.1) is 0 Å². The Morgan fingerprint density at radius 3 is 2.30 bits per heavy atom. The number of amides is 2. The number of rotatable bonds is 4. The second kappa shape index (κ2) is 6.95. The fraction of sp³-hybridized carbons (Fsp3) is 0.867. The molecule has 2 amide bonds. The molecule has 5 heteroatoms. The Hall–Kier alpha value is -1.26. The predicted octanol–water partition coefficient (Wildman–Crippen LogP) is 2.71. The van der Waals surface area contributed by atoms with Crippen LogP contribution in [0, 0.1) is 11.3 Å². The summed E-state index contributed by atoms with van der Waals surface area (Å²) in [5, 5.41) is 11.5. The van der Waals surface area contributed by atoms with Gasteiger partial charge in [-0.25, -0.2) is 4.79 Å². The monoisotopic (exact) mass is 284 g/mol. The zero-order chi connectivity index (χ0) is 15.3. The Morgan fingerprint density at radius 2 is 1.85 bits per heavy atom. The Bertz CT molecular complexity index is 342. The zero-order valence-corrected chi connectivity index (χ0v) is 13.1. The van der Waals surface area contributed by atoms with Crippen molar-refractivity contribution in [1.82, 2.24) is 10.2 Å². The number of aliphatic carboxylic acids is 1. The third-order valence-electron chi connectivity index (χ3n) is 4.17. The Labute approximate surface area is 121 Å². The summed E-state index contributed by atoms with van der Waals surface area (Å²) in [6.45, 7) is 10.2. The van der Waals surface area contributed by atoms with Crippen LogP contribution < -0.4 is 5.32 Å². The quantitative estimate of drug-likeness (QED) is 0.834. The van der Waals surface area contributed by atoms with Crippen molar-refractivity contribution < 1.29 is 14.7 Å². The van der Waals surface area contributed by atoms with Crippen molar-refractivity contribution in [2.45, 2.75) is 59.4 Å². The first-order chi connectivity index (χ1) is 9.20. The van der Waals surface area contributed by atoms with E-state index in [2.05, 4.69) is 26.1 Å². The van der Waals surface area contributed by atoms with Crippen molar-refractivity contribution in [3.63, 3.8) is 0 Å². The van der Waals surface area contributed by atoms with Crippen molar-refractivity contribution in [3.05, 3.63) is 0 Å². The number of piperidine rings is 1. The molecule has 0 aromatic carbocycles. The number of likely N-dealkylation sites (tertiary alicyclic amines) is 1. The van der Waals surface area contributed by atoms with Gasteiger partial charge in [-0.1, -0.05) is 20.8 Å². The predicted molar refractivity (Wildman–Crippen MR) is 78.6 cm³/mol. The summed E-state index contributed by atoms with van der Waals surface area (Å²) in [7, 11) is 0. The van der Waals surface area contributed by atoms with Crippen LogP contribution in [0.15, 0.2) is 0 Å². The number of carbonyl (C=O) groups excluding carboxylic acids is 1. The van der Waals surface area contributed by atoms with E-state index in [4.69, 9.17) is 5.11 Å². The first-order valence-electron chi connectivity index (χ1n) is 7.47. The highest BCUT2D eigenvalue weighted by atomic mass is 16.4.